The Morgan fingerprint density at radius 3 is 2.56 bits per heavy atom. The highest BCUT2D eigenvalue weighted by atomic mass is 35.5. The van der Waals surface area contributed by atoms with Crippen molar-refractivity contribution < 1.29 is 14.5 Å². The van der Waals surface area contributed by atoms with E-state index in [-0.39, 0.29) is 22.0 Å². The van der Waals surface area contributed by atoms with E-state index in [0.717, 1.165) is 17.2 Å². The Balaban J connectivity index is 1.68. The standard InChI is InChI=1S/C24H18ClN3O4/c1-16-4-2-3-5-18(16)15-32-21-9-6-17(7-10-21)12-19(14-26)24(29)27-20-8-11-22(25)23(13-20)28(30)31/h2-13H,15H2,1H3,(H,27,29)/b19-12+. The van der Waals surface area contributed by atoms with Crippen LogP contribution in [-0.4, -0.2) is 10.8 Å². The smallest absolute Gasteiger partial charge is 0.289 e. The molecule has 0 saturated carbocycles. The fourth-order valence-corrected chi connectivity index (χ4v) is 3.02. The lowest BCUT2D eigenvalue weighted by atomic mass is 10.1. The summed E-state index contributed by atoms with van der Waals surface area (Å²) in [7, 11) is 0. The minimum absolute atomic E-state index is 0.0474. The van der Waals surface area contributed by atoms with Crippen LogP contribution in [0.15, 0.2) is 72.3 Å². The zero-order valence-corrected chi connectivity index (χ0v) is 17.8. The summed E-state index contributed by atoms with van der Waals surface area (Å²) in [5.74, 6) is -0.0363. The molecule has 0 saturated heterocycles. The van der Waals surface area contributed by atoms with Gasteiger partial charge >= 0.3 is 0 Å². The maximum Gasteiger partial charge on any atom is 0.289 e. The number of halogens is 1. The average molecular weight is 448 g/mol. The van der Waals surface area contributed by atoms with Crippen molar-refractivity contribution in [3.63, 3.8) is 0 Å². The number of aryl methyl sites for hydroxylation is 1. The molecule has 8 heteroatoms. The van der Waals surface area contributed by atoms with Crippen molar-refractivity contribution in [2.75, 3.05) is 5.32 Å². The fraction of sp³-hybridized carbons (Fsp3) is 0.0833. The van der Waals surface area contributed by atoms with Gasteiger partial charge in [-0.2, -0.15) is 5.26 Å². The molecule has 1 amide bonds. The van der Waals surface area contributed by atoms with Crippen molar-refractivity contribution >= 4 is 35.0 Å². The zero-order valence-electron chi connectivity index (χ0n) is 17.0. The molecule has 0 bridgehead atoms. The van der Waals surface area contributed by atoms with Crippen molar-refractivity contribution in [1.29, 1.82) is 5.26 Å². The molecule has 0 fully saturated rings. The molecule has 0 aliphatic heterocycles. The van der Waals surface area contributed by atoms with E-state index < -0.39 is 10.8 Å². The average Bonchev–Trinajstić information content (AvgIpc) is 2.78. The second-order valence-electron chi connectivity index (χ2n) is 6.83. The van der Waals surface area contributed by atoms with Crippen LogP contribution in [0.25, 0.3) is 6.08 Å². The molecule has 32 heavy (non-hydrogen) atoms. The van der Waals surface area contributed by atoms with Gasteiger partial charge in [-0.05, 0) is 54.0 Å². The van der Waals surface area contributed by atoms with E-state index in [2.05, 4.69) is 5.32 Å². The molecule has 0 aliphatic rings. The molecular weight excluding hydrogens is 430 g/mol. The monoisotopic (exact) mass is 447 g/mol. The van der Waals surface area contributed by atoms with E-state index in [0.29, 0.717) is 17.9 Å². The highest BCUT2D eigenvalue weighted by molar-refractivity contribution is 6.32. The van der Waals surface area contributed by atoms with Crippen LogP contribution < -0.4 is 10.1 Å². The second kappa shape index (κ2) is 10.2. The molecule has 0 unspecified atom stereocenters. The number of nitriles is 1. The number of hydrogen-bond donors (Lipinski definition) is 1. The minimum atomic E-state index is -0.691. The van der Waals surface area contributed by atoms with Crippen molar-refractivity contribution in [1.82, 2.24) is 0 Å². The largest absolute Gasteiger partial charge is 0.489 e. The highest BCUT2D eigenvalue weighted by Crippen LogP contribution is 2.27. The van der Waals surface area contributed by atoms with Crippen LogP contribution in [0.2, 0.25) is 5.02 Å². The number of anilines is 1. The van der Waals surface area contributed by atoms with Crippen LogP contribution in [0.3, 0.4) is 0 Å². The highest BCUT2D eigenvalue weighted by Gasteiger charge is 2.15. The maximum atomic E-state index is 12.4. The summed E-state index contributed by atoms with van der Waals surface area (Å²) >= 11 is 5.77. The molecule has 1 N–H and O–H groups in total. The van der Waals surface area contributed by atoms with Gasteiger partial charge in [0.2, 0.25) is 0 Å². The van der Waals surface area contributed by atoms with Gasteiger partial charge in [0.25, 0.3) is 11.6 Å². The van der Waals surface area contributed by atoms with E-state index in [9.17, 15) is 20.2 Å². The van der Waals surface area contributed by atoms with Gasteiger partial charge in [-0.1, -0.05) is 48.0 Å². The van der Waals surface area contributed by atoms with Crippen molar-refractivity contribution in [3.8, 4) is 11.8 Å². The summed E-state index contributed by atoms with van der Waals surface area (Å²) in [6.07, 6.45) is 1.42. The van der Waals surface area contributed by atoms with Gasteiger partial charge in [0, 0.05) is 11.8 Å². The van der Waals surface area contributed by atoms with E-state index >= 15 is 0 Å². The number of hydrogen-bond acceptors (Lipinski definition) is 5. The van der Waals surface area contributed by atoms with Crippen LogP contribution in [0.1, 0.15) is 16.7 Å². The third-order valence-corrected chi connectivity index (χ3v) is 4.93. The number of nitrogens with one attached hydrogen (secondary N) is 1. The number of nitrogens with zero attached hydrogens (tertiary/aromatic N) is 2. The van der Waals surface area contributed by atoms with E-state index in [1.807, 2.05) is 37.3 Å². The molecule has 0 aromatic heterocycles. The van der Waals surface area contributed by atoms with Crippen molar-refractivity contribution in [2.24, 2.45) is 0 Å². The van der Waals surface area contributed by atoms with Crippen LogP contribution in [-0.2, 0) is 11.4 Å². The molecule has 0 heterocycles. The van der Waals surface area contributed by atoms with Gasteiger partial charge in [0.15, 0.2) is 0 Å². The van der Waals surface area contributed by atoms with Gasteiger partial charge in [-0.15, -0.1) is 0 Å². The number of nitro benzene ring substituents is 1. The van der Waals surface area contributed by atoms with Crippen LogP contribution in [0.5, 0.6) is 5.75 Å². The summed E-state index contributed by atoms with van der Waals surface area (Å²) in [6, 6.07) is 20.6. The molecule has 0 spiro atoms. The molecule has 3 aromatic rings. The van der Waals surface area contributed by atoms with Gasteiger partial charge in [0.05, 0.1) is 4.92 Å². The Bertz CT molecular complexity index is 1230. The topological polar surface area (TPSA) is 105 Å². The van der Waals surface area contributed by atoms with Crippen LogP contribution in [0, 0.1) is 28.4 Å². The third kappa shape index (κ3) is 5.72. The first kappa shape index (κ1) is 22.5. The predicted octanol–water partition coefficient (Wildman–Crippen LogP) is 5.68. The number of ether oxygens (including phenoxy) is 1. The maximum absolute atomic E-state index is 12.4. The second-order valence-corrected chi connectivity index (χ2v) is 7.24. The molecule has 7 nitrogen and oxygen atoms in total. The van der Waals surface area contributed by atoms with E-state index in [1.165, 1.54) is 18.2 Å². The van der Waals surface area contributed by atoms with Gasteiger partial charge in [-0.25, -0.2) is 0 Å². The molecule has 0 radical (unpaired) electrons. The lowest BCUT2D eigenvalue weighted by molar-refractivity contribution is -0.384. The summed E-state index contributed by atoms with van der Waals surface area (Å²) < 4.78 is 5.79. The SMILES string of the molecule is Cc1ccccc1COc1ccc(/C=C(\C#N)C(=O)Nc2ccc(Cl)c([N+](=O)[O-])c2)cc1. The minimum Gasteiger partial charge on any atom is -0.489 e. The normalized spacial score (nSPS) is 10.8. The first-order valence-corrected chi connectivity index (χ1v) is 9.89. The number of carbonyl (C=O) groups is 1. The first-order chi connectivity index (χ1) is 15.4. The summed E-state index contributed by atoms with van der Waals surface area (Å²) in [6.45, 7) is 2.45. The molecule has 3 aromatic carbocycles. The first-order valence-electron chi connectivity index (χ1n) is 9.52. The summed E-state index contributed by atoms with van der Waals surface area (Å²) in [4.78, 5) is 22.8. The Hall–Kier alpha value is -4.15. The Morgan fingerprint density at radius 2 is 1.91 bits per heavy atom. The van der Waals surface area contributed by atoms with E-state index in [4.69, 9.17) is 16.3 Å². The Morgan fingerprint density at radius 1 is 1.19 bits per heavy atom. The van der Waals surface area contributed by atoms with E-state index in [1.54, 1.807) is 24.3 Å². The number of nitro groups is 1. The quantitative estimate of drug-likeness (QED) is 0.217. The number of carbonyl (C=O) groups excluding carboxylic acids is 1. The van der Waals surface area contributed by atoms with Gasteiger partial charge < -0.3 is 10.1 Å². The summed E-state index contributed by atoms with van der Waals surface area (Å²) in [5.41, 5.74) is 2.52. The lowest BCUT2D eigenvalue weighted by Crippen LogP contribution is -2.13. The zero-order chi connectivity index (χ0) is 23.1. The van der Waals surface area contributed by atoms with Gasteiger partial charge in [0.1, 0.15) is 29.0 Å². The van der Waals surface area contributed by atoms with Gasteiger partial charge in [-0.3, -0.25) is 14.9 Å². The summed E-state index contributed by atoms with van der Waals surface area (Å²) in [5, 5.41) is 22.8. The molecule has 160 valence electrons. The lowest BCUT2D eigenvalue weighted by Gasteiger charge is -2.09. The van der Waals surface area contributed by atoms with Crippen LogP contribution >= 0.6 is 11.6 Å². The molecule has 0 atom stereocenters. The predicted molar refractivity (Wildman–Crippen MR) is 122 cm³/mol. The number of benzene rings is 3. The number of rotatable bonds is 7. The molecule has 3 rings (SSSR count). The fourth-order valence-electron chi connectivity index (χ4n) is 2.84. The molecule has 0 aliphatic carbocycles. The van der Waals surface area contributed by atoms with Crippen molar-refractivity contribution in [3.05, 3.63) is 104 Å². The molecular formula is C24H18ClN3O4. The van der Waals surface area contributed by atoms with Crippen molar-refractivity contribution in [2.45, 2.75) is 13.5 Å². The Kier molecular flexibility index (Phi) is 7.21. The third-order valence-electron chi connectivity index (χ3n) is 4.61. The van der Waals surface area contributed by atoms with Crippen LogP contribution in [0.4, 0.5) is 11.4 Å². The Labute approximate surface area is 189 Å². The number of amides is 1.